The van der Waals surface area contributed by atoms with Crippen molar-refractivity contribution in [3.05, 3.63) is 46.5 Å². The van der Waals surface area contributed by atoms with Gasteiger partial charge in [-0.1, -0.05) is 77.4 Å². The fourth-order valence-corrected chi connectivity index (χ4v) is 10.4. The van der Waals surface area contributed by atoms with E-state index in [4.69, 9.17) is 25.8 Å². The van der Waals surface area contributed by atoms with Gasteiger partial charge in [0, 0.05) is 89.1 Å². The molecular formula is C50H75ClN4O11S. The SMILES string of the molecule is C.C.CCC(=O)CCCCCN1C(=O)CC(SCCC(=O)N(C)[C@@H](C)C(=O)C[C@H]2CC(=O)N(C)c3cc(cc(OC)c3Cl)C/C(C)=C/C=C/[C@@H](C)[C@@]3(O)C[C@H](OC(=O)N3)[C@@H](C)[C@@H]3O[C@@]23C)C1=O. The summed E-state index contributed by atoms with van der Waals surface area (Å²) >= 11 is 8.08. The number of allylic oxidation sites excluding steroid dienone is 3. The van der Waals surface area contributed by atoms with Crippen molar-refractivity contribution in [2.75, 3.05) is 38.4 Å². The second-order valence-corrected chi connectivity index (χ2v) is 20.1. The number of fused-ring (bicyclic) bond motifs is 5. The van der Waals surface area contributed by atoms with E-state index in [0.29, 0.717) is 43.7 Å². The Morgan fingerprint density at radius 3 is 2.45 bits per heavy atom. The summed E-state index contributed by atoms with van der Waals surface area (Å²) in [6, 6.07) is 2.77. The quantitative estimate of drug-likeness (QED) is 0.0928. The van der Waals surface area contributed by atoms with Gasteiger partial charge in [0.25, 0.3) is 0 Å². The number of likely N-dealkylation sites (tertiary alicyclic amines) is 1. The molecule has 4 heterocycles. The Hall–Kier alpha value is -4.25. The number of nitrogens with zero attached hydrogens (tertiary/aromatic N) is 3. The molecule has 1 aromatic rings. The van der Waals surface area contributed by atoms with Crippen molar-refractivity contribution in [2.24, 2.45) is 17.8 Å². The monoisotopic (exact) mass is 974 g/mol. The molecule has 5 amide bonds. The van der Waals surface area contributed by atoms with Gasteiger partial charge in [-0.2, -0.15) is 0 Å². The number of likely N-dealkylation sites (N-methyl/N-ethyl adjacent to an activating group) is 1. The number of thioether (sulfide) groups is 1. The molecule has 0 aromatic heterocycles. The molecule has 15 nitrogen and oxygen atoms in total. The fraction of sp³-hybridized carbons (Fsp3) is 0.660. The number of imide groups is 1. The number of halogens is 1. The minimum absolute atomic E-state index is 0. The van der Waals surface area contributed by atoms with E-state index in [0.717, 1.165) is 24.0 Å². The standard InChI is InChI=1S/C48H67ClN4O11S.2CH4/c1-10-34(54)17-12-11-13-19-53-42(58)26-39(45(53)59)65-20-18-40(56)51(7)31(5)36(55)24-33-25-41(57)52(8)35-22-32(23-37(62-9)43(35)49)21-28(2)15-14-16-29(3)48(61)27-38(63-46(60)50-48)30(4)44-47(33,6)64-44;;/h14-16,22-23,29-31,33,38-39,44,61H,10-13,17-21,24-27H2,1-9H3,(H,50,60);2*1H4/b16-14+,28-15+;;/t29-,30-,31+,33+,38+,39?,44+,47+,48+;;/m1../s1. The third-order valence-electron chi connectivity index (χ3n) is 13.8. The lowest BCUT2D eigenvalue weighted by molar-refractivity contribution is -0.138. The highest BCUT2D eigenvalue weighted by molar-refractivity contribution is 8.00. The molecule has 374 valence electrons. The number of aliphatic hydroxyl groups is 1. The van der Waals surface area contributed by atoms with E-state index < -0.39 is 58.7 Å². The average Bonchev–Trinajstić information content (AvgIpc) is 3.89. The van der Waals surface area contributed by atoms with E-state index in [2.05, 4.69) is 5.32 Å². The lowest BCUT2D eigenvalue weighted by Crippen LogP contribution is -2.60. The van der Waals surface area contributed by atoms with Crippen molar-refractivity contribution in [3.8, 4) is 5.75 Å². The summed E-state index contributed by atoms with van der Waals surface area (Å²) in [6.45, 7) is 11.2. The number of benzene rings is 1. The Labute approximate surface area is 407 Å². The summed E-state index contributed by atoms with van der Waals surface area (Å²) in [6.07, 6.45) is 6.97. The van der Waals surface area contributed by atoms with Crippen LogP contribution in [0.3, 0.4) is 0 Å². The number of Topliss-reactive ketones (excluding diaryl/α,β-unsaturated/α-hetero) is 2. The number of epoxide rings is 1. The summed E-state index contributed by atoms with van der Waals surface area (Å²) in [5.74, 6) is -2.26. The van der Waals surface area contributed by atoms with Crippen LogP contribution in [0.5, 0.6) is 5.75 Å². The summed E-state index contributed by atoms with van der Waals surface area (Å²) in [5.41, 5.74) is -0.430. The zero-order chi connectivity index (χ0) is 48.0. The molecule has 4 bridgehead atoms. The number of nitrogens with one attached hydrogen (secondary N) is 1. The molecule has 1 aromatic carbocycles. The molecule has 17 heteroatoms. The van der Waals surface area contributed by atoms with Gasteiger partial charge in [0.15, 0.2) is 5.78 Å². The van der Waals surface area contributed by atoms with Gasteiger partial charge in [-0.15, -0.1) is 11.8 Å². The first-order valence-corrected chi connectivity index (χ1v) is 24.2. The third-order valence-corrected chi connectivity index (χ3v) is 15.4. The average molecular weight is 976 g/mol. The highest BCUT2D eigenvalue weighted by Crippen LogP contribution is 2.52. The van der Waals surface area contributed by atoms with Gasteiger partial charge in [0.05, 0.1) is 35.8 Å². The van der Waals surface area contributed by atoms with Gasteiger partial charge in [0.1, 0.15) is 28.4 Å². The lowest BCUT2D eigenvalue weighted by Gasteiger charge is -2.41. The molecule has 3 fully saturated rings. The van der Waals surface area contributed by atoms with Crippen LogP contribution in [0.2, 0.25) is 5.02 Å². The highest BCUT2D eigenvalue weighted by atomic mass is 35.5. The van der Waals surface area contributed by atoms with Crippen LogP contribution in [0, 0.1) is 17.8 Å². The van der Waals surface area contributed by atoms with Crippen molar-refractivity contribution in [1.29, 1.82) is 0 Å². The molecule has 0 radical (unpaired) electrons. The maximum atomic E-state index is 14.4. The number of amides is 5. The second kappa shape index (κ2) is 24.3. The van der Waals surface area contributed by atoms with Crippen molar-refractivity contribution >= 4 is 70.3 Å². The summed E-state index contributed by atoms with van der Waals surface area (Å²) < 4.78 is 17.8. The van der Waals surface area contributed by atoms with Crippen molar-refractivity contribution in [2.45, 2.75) is 162 Å². The molecular weight excluding hydrogens is 900 g/mol. The highest BCUT2D eigenvalue weighted by Gasteiger charge is 2.63. The van der Waals surface area contributed by atoms with Crippen LogP contribution < -0.4 is 15.0 Å². The van der Waals surface area contributed by atoms with Gasteiger partial charge >= 0.3 is 6.09 Å². The van der Waals surface area contributed by atoms with Crippen LogP contribution in [0.25, 0.3) is 0 Å². The molecule has 4 aliphatic rings. The molecule has 0 aliphatic carbocycles. The number of hydrogen-bond donors (Lipinski definition) is 2. The van der Waals surface area contributed by atoms with E-state index >= 15 is 0 Å². The molecule has 4 aliphatic heterocycles. The lowest BCUT2D eigenvalue weighted by atomic mass is 9.77. The van der Waals surface area contributed by atoms with Crippen molar-refractivity contribution < 1.29 is 52.9 Å². The van der Waals surface area contributed by atoms with Crippen LogP contribution in [-0.2, 0) is 44.7 Å². The predicted molar refractivity (Wildman–Crippen MR) is 262 cm³/mol. The number of alkyl carbamates (subject to hydrolysis) is 1. The van der Waals surface area contributed by atoms with Gasteiger partial charge in [-0.05, 0) is 57.7 Å². The first-order chi connectivity index (χ1) is 30.6. The third kappa shape index (κ3) is 13.7. The van der Waals surface area contributed by atoms with Gasteiger partial charge in [-0.25, -0.2) is 4.79 Å². The molecule has 0 saturated carbocycles. The molecule has 9 atom stereocenters. The van der Waals surface area contributed by atoms with E-state index in [1.54, 1.807) is 21.0 Å². The van der Waals surface area contributed by atoms with Crippen LogP contribution in [0.15, 0.2) is 35.9 Å². The number of carbonyl (C=O) groups is 7. The van der Waals surface area contributed by atoms with Gasteiger partial charge in [0.2, 0.25) is 23.6 Å². The number of anilines is 1. The van der Waals surface area contributed by atoms with Crippen LogP contribution in [0.1, 0.15) is 126 Å². The largest absolute Gasteiger partial charge is 0.495 e. The zero-order valence-corrected chi connectivity index (χ0v) is 40.9. The normalized spacial score (nSPS) is 29.2. The van der Waals surface area contributed by atoms with E-state index in [-0.39, 0.29) is 92.9 Å². The maximum absolute atomic E-state index is 14.4. The fourth-order valence-electron chi connectivity index (χ4n) is 9.02. The topological polar surface area (TPSA) is 192 Å². The van der Waals surface area contributed by atoms with Crippen LogP contribution >= 0.6 is 23.4 Å². The Morgan fingerprint density at radius 2 is 1.78 bits per heavy atom. The van der Waals surface area contributed by atoms with Gasteiger partial charge in [-0.3, -0.25) is 39.0 Å². The summed E-state index contributed by atoms with van der Waals surface area (Å²) in [7, 11) is 4.66. The number of methoxy groups -OCH3 is 1. The minimum Gasteiger partial charge on any atom is -0.495 e. The second-order valence-electron chi connectivity index (χ2n) is 18.4. The van der Waals surface area contributed by atoms with E-state index in [1.165, 1.54) is 33.6 Å². The summed E-state index contributed by atoms with van der Waals surface area (Å²) in [5, 5.41) is 14.0. The predicted octanol–water partition coefficient (Wildman–Crippen LogP) is 7.86. The maximum Gasteiger partial charge on any atom is 0.409 e. The van der Waals surface area contributed by atoms with Crippen LogP contribution in [-0.4, -0.2) is 125 Å². The molecule has 1 unspecified atom stereocenters. The summed E-state index contributed by atoms with van der Waals surface area (Å²) in [4.78, 5) is 96.5. The number of ether oxygens (including phenoxy) is 3. The number of ketones is 2. The first-order valence-electron chi connectivity index (χ1n) is 22.8. The first kappa shape index (κ1) is 57.1. The molecule has 3 saturated heterocycles. The number of rotatable bonds is 16. The Kier molecular flexibility index (Phi) is 20.7. The molecule has 0 spiro atoms. The Balaban J connectivity index is 0.00000595. The number of carbonyl (C=O) groups excluding carboxylic acids is 7. The Bertz CT molecular complexity index is 2060. The Morgan fingerprint density at radius 1 is 1.07 bits per heavy atom. The molecule has 67 heavy (non-hydrogen) atoms. The molecule has 2 N–H and O–H groups in total. The smallest absolute Gasteiger partial charge is 0.409 e. The van der Waals surface area contributed by atoms with Crippen molar-refractivity contribution in [1.82, 2.24) is 15.1 Å². The number of hydrogen-bond acceptors (Lipinski definition) is 12. The number of unbranched alkanes of at least 4 members (excludes halogenated alkanes) is 2. The van der Waals surface area contributed by atoms with Crippen molar-refractivity contribution in [3.63, 3.8) is 0 Å². The minimum atomic E-state index is -1.62. The van der Waals surface area contributed by atoms with Crippen LogP contribution in [0.4, 0.5) is 10.5 Å². The van der Waals surface area contributed by atoms with E-state index in [1.807, 2.05) is 65.0 Å². The molecule has 5 rings (SSSR count). The van der Waals surface area contributed by atoms with Gasteiger partial charge < -0.3 is 29.1 Å². The van der Waals surface area contributed by atoms with E-state index in [9.17, 15) is 38.7 Å². The zero-order valence-electron chi connectivity index (χ0n) is 39.3.